The van der Waals surface area contributed by atoms with Crippen LogP contribution in [-0.4, -0.2) is 20.5 Å². The van der Waals surface area contributed by atoms with Crippen LogP contribution in [0.3, 0.4) is 0 Å². The summed E-state index contributed by atoms with van der Waals surface area (Å²) in [4.78, 5) is 23.4. The number of furan rings is 1. The predicted molar refractivity (Wildman–Crippen MR) is 109 cm³/mol. The van der Waals surface area contributed by atoms with Crippen LogP contribution in [0, 0.1) is 33.3 Å². The quantitative estimate of drug-likeness (QED) is 0.344. The van der Waals surface area contributed by atoms with E-state index in [-0.39, 0.29) is 23.6 Å². The number of aromatic nitrogens is 2. The summed E-state index contributed by atoms with van der Waals surface area (Å²) in [6, 6.07) is 3.61. The van der Waals surface area contributed by atoms with Gasteiger partial charge in [-0.15, -0.1) is 0 Å². The number of halogens is 1. The highest BCUT2D eigenvalue weighted by molar-refractivity contribution is 9.10. The Labute approximate surface area is 176 Å². The van der Waals surface area contributed by atoms with E-state index in [4.69, 9.17) is 4.42 Å². The van der Waals surface area contributed by atoms with Gasteiger partial charge in [0.25, 0.3) is 0 Å². The molecule has 6 rings (SSSR count). The molecule has 4 saturated carbocycles. The van der Waals surface area contributed by atoms with E-state index in [0.29, 0.717) is 16.0 Å². The summed E-state index contributed by atoms with van der Waals surface area (Å²) >= 11 is 3.14. The molecule has 0 aliphatic heterocycles. The topological polar surface area (TPSA) is 91.2 Å². The second-order valence-corrected chi connectivity index (χ2v) is 9.81. The maximum atomic E-state index is 13.1. The van der Waals surface area contributed by atoms with Gasteiger partial charge < -0.3 is 14.5 Å². The normalized spacial score (nSPS) is 30.3. The standard InChI is InChI=1S/C21H22BrN3O4/c22-18-12-24(23-20(18)25(27)28)11-17-2-1-16(29-17)3-4-19(26)21-8-13-5-14(9-21)7-15(6-13)10-21/h1-4,12-15H,5-11H2/b4-3+. The first-order chi connectivity index (χ1) is 13.9. The number of ketones is 1. The molecule has 4 aliphatic rings. The molecule has 0 unspecified atom stereocenters. The lowest BCUT2D eigenvalue weighted by molar-refractivity contribution is -0.390. The average molecular weight is 460 g/mol. The Hall–Kier alpha value is -2.22. The number of rotatable bonds is 6. The van der Waals surface area contributed by atoms with Gasteiger partial charge in [-0.1, -0.05) is 0 Å². The summed E-state index contributed by atoms with van der Waals surface area (Å²) in [5.41, 5.74) is -0.138. The summed E-state index contributed by atoms with van der Waals surface area (Å²) in [5.74, 6) is 3.48. The molecule has 4 aliphatic carbocycles. The second kappa shape index (κ2) is 6.93. The molecule has 29 heavy (non-hydrogen) atoms. The highest BCUT2D eigenvalue weighted by Crippen LogP contribution is 2.60. The lowest BCUT2D eigenvalue weighted by atomic mass is 9.48. The molecule has 4 fully saturated rings. The fraction of sp³-hybridized carbons (Fsp3) is 0.524. The van der Waals surface area contributed by atoms with Crippen LogP contribution in [0.4, 0.5) is 5.82 Å². The van der Waals surface area contributed by atoms with E-state index in [0.717, 1.165) is 37.0 Å². The van der Waals surface area contributed by atoms with Crippen LogP contribution in [0.5, 0.6) is 0 Å². The molecule has 0 atom stereocenters. The van der Waals surface area contributed by atoms with E-state index in [1.54, 1.807) is 24.4 Å². The Balaban J connectivity index is 1.27. The van der Waals surface area contributed by atoms with Crippen LogP contribution in [0.1, 0.15) is 50.0 Å². The van der Waals surface area contributed by atoms with E-state index in [1.165, 1.54) is 23.9 Å². The van der Waals surface area contributed by atoms with Crippen molar-refractivity contribution >= 4 is 33.6 Å². The average Bonchev–Trinajstić information content (AvgIpc) is 3.25. The molecule has 7 nitrogen and oxygen atoms in total. The number of hydrogen-bond acceptors (Lipinski definition) is 5. The van der Waals surface area contributed by atoms with E-state index in [9.17, 15) is 14.9 Å². The van der Waals surface area contributed by atoms with Gasteiger partial charge in [0.15, 0.2) is 5.78 Å². The molecule has 4 bridgehead atoms. The lowest BCUT2D eigenvalue weighted by Crippen LogP contribution is -2.49. The van der Waals surface area contributed by atoms with Crippen molar-refractivity contribution in [3.05, 3.63) is 50.5 Å². The zero-order valence-corrected chi connectivity index (χ0v) is 17.5. The first-order valence-electron chi connectivity index (χ1n) is 10.1. The Morgan fingerprint density at radius 1 is 1.28 bits per heavy atom. The fourth-order valence-electron chi connectivity index (χ4n) is 6.07. The van der Waals surface area contributed by atoms with Crippen molar-refractivity contribution in [2.75, 3.05) is 0 Å². The minimum atomic E-state index is -0.535. The van der Waals surface area contributed by atoms with Crippen molar-refractivity contribution in [3.63, 3.8) is 0 Å². The first kappa shape index (κ1) is 18.8. The zero-order valence-electron chi connectivity index (χ0n) is 15.9. The molecular formula is C21H22BrN3O4. The number of nitrogens with zero attached hydrogens (tertiary/aromatic N) is 3. The molecule has 2 aromatic heterocycles. The maximum absolute atomic E-state index is 13.1. The Bertz CT molecular complexity index is 970. The molecule has 0 spiro atoms. The molecule has 152 valence electrons. The van der Waals surface area contributed by atoms with Crippen LogP contribution in [0.15, 0.2) is 33.3 Å². The molecule has 2 heterocycles. The van der Waals surface area contributed by atoms with E-state index < -0.39 is 4.92 Å². The van der Waals surface area contributed by atoms with E-state index >= 15 is 0 Å². The second-order valence-electron chi connectivity index (χ2n) is 8.95. The highest BCUT2D eigenvalue weighted by atomic mass is 79.9. The third kappa shape index (κ3) is 3.47. The van der Waals surface area contributed by atoms with Crippen LogP contribution in [0.2, 0.25) is 0 Å². The van der Waals surface area contributed by atoms with Crippen molar-refractivity contribution in [2.24, 2.45) is 23.2 Å². The van der Waals surface area contributed by atoms with Gasteiger partial charge in [-0.2, -0.15) is 4.68 Å². The molecular weight excluding hydrogens is 438 g/mol. The Morgan fingerprint density at radius 2 is 1.93 bits per heavy atom. The molecule has 2 aromatic rings. The minimum Gasteiger partial charge on any atom is -0.460 e. The molecule has 0 N–H and O–H groups in total. The molecule has 0 aromatic carbocycles. The summed E-state index contributed by atoms with van der Waals surface area (Å²) in [6.45, 7) is 0.281. The van der Waals surface area contributed by atoms with Crippen molar-refractivity contribution in [1.29, 1.82) is 0 Å². The Kier molecular flexibility index (Phi) is 4.49. The molecule has 0 radical (unpaired) electrons. The third-order valence-electron chi connectivity index (χ3n) is 6.83. The number of hydrogen-bond donors (Lipinski definition) is 0. The van der Waals surface area contributed by atoms with Gasteiger partial charge in [0.2, 0.25) is 0 Å². The highest BCUT2D eigenvalue weighted by Gasteiger charge is 2.53. The van der Waals surface area contributed by atoms with Gasteiger partial charge >= 0.3 is 5.82 Å². The smallest absolute Gasteiger partial charge is 0.404 e. The summed E-state index contributed by atoms with van der Waals surface area (Å²) in [5, 5.41) is 14.8. The maximum Gasteiger partial charge on any atom is 0.404 e. The molecule has 8 heteroatoms. The van der Waals surface area contributed by atoms with Gasteiger partial charge in [-0.25, -0.2) is 0 Å². The fourth-order valence-corrected chi connectivity index (χ4v) is 6.53. The summed E-state index contributed by atoms with van der Waals surface area (Å²) < 4.78 is 7.56. The van der Waals surface area contributed by atoms with Crippen molar-refractivity contribution in [1.82, 2.24) is 9.78 Å². The van der Waals surface area contributed by atoms with Crippen molar-refractivity contribution in [3.8, 4) is 0 Å². The van der Waals surface area contributed by atoms with Gasteiger partial charge in [0, 0.05) is 5.41 Å². The SMILES string of the molecule is O=C(/C=C/c1ccc(Cn2cc(Br)c([N+](=O)[O-])n2)o1)C12CC3CC(CC(C3)C1)C2. The van der Waals surface area contributed by atoms with Gasteiger partial charge in [-0.05, 0) is 101 Å². The van der Waals surface area contributed by atoms with E-state index in [1.807, 2.05) is 6.07 Å². The van der Waals surface area contributed by atoms with Gasteiger partial charge in [0.05, 0.1) is 11.3 Å². The van der Waals surface area contributed by atoms with Crippen LogP contribution < -0.4 is 0 Å². The molecule has 0 saturated heterocycles. The van der Waals surface area contributed by atoms with Crippen LogP contribution in [-0.2, 0) is 11.3 Å². The minimum absolute atomic E-state index is 0.138. The van der Waals surface area contributed by atoms with E-state index in [2.05, 4.69) is 21.0 Å². The third-order valence-corrected chi connectivity index (χ3v) is 7.39. The number of carbonyl (C=O) groups excluding carboxylic acids is 1. The largest absolute Gasteiger partial charge is 0.460 e. The zero-order chi connectivity index (χ0) is 20.2. The van der Waals surface area contributed by atoms with Crippen LogP contribution >= 0.6 is 15.9 Å². The number of nitro groups is 1. The summed E-state index contributed by atoms with van der Waals surface area (Å²) in [7, 11) is 0. The summed E-state index contributed by atoms with van der Waals surface area (Å²) in [6.07, 6.45) is 12.1. The van der Waals surface area contributed by atoms with Crippen molar-refractivity contribution in [2.45, 2.75) is 45.1 Å². The number of carbonyl (C=O) groups is 1. The molecule has 0 amide bonds. The first-order valence-corrected chi connectivity index (χ1v) is 10.9. The number of allylic oxidation sites excluding steroid dienone is 1. The van der Waals surface area contributed by atoms with Gasteiger partial charge in [0.1, 0.15) is 22.5 Å². The lowest BCUT2D eigenvalue weighted by Gasteiger charge is -2.55. The Morgan fingerprint density at radius 3 is 2.52 bits per heavy atom. The monoisotopic (exact) mass is 459 g/mol. The predicted octanol–water partition coefficient (Wildman–Crippen LogP) is 4.99. The van der Waals surface area contributed by atoms with Crippen LogP contribution in [0.25, 0.3) is 6.08 Å². The van der Waals surface area contributed by atoms with Gasteiger partial charge in [-0.3, -0.25) is 4.79 Å². The van der Waals surface area contributed by atoms with Crippen molar-refractivity contribution < 1.29 is 14.1 Å².